The fraction of sp³-hybridized carbons (Fsp3) is 0.917. The van der Waals surface area contributed by atoms with Gasteiger partial charge in [-0.15, -0.1) is 0 Å². The Kier molecular flexibility index (Phi) is 5.37. The lowest BCUT2D eigenvalue weighted by molar-refractivity contribution is 0.339. The van der Waals surface area contributed by atoms with Crippen molar-refractivity contribution in [2.75, 3.05) is 6.54 Å². The summed E-state index contributed by atoms with van der Waals surface area (Å²) in [5, 5.41) is 4.46. The van der Waals surface area contributed by atoms with Crippen molar-refractivity contribution in [3.8, 4) is 0 Å². The minimum atomic E-state index is 0.506. The lowest BCUT2D eigenvalue weighted by atomic mass is 10.2. The summed E-state index contributed by atoms with van der Waals surface area (Å²) in [6.07, 6.45) is 6.45. The van der Waals surface area contributed by atoms with Crippen LogP contribution in [0, 0.1) is 0 Å². The molecule has 0 aromatic rings. The summed E-state index contributed by atoms with van der Waals surface area (Å²) in [5.74, 6) is 0. The predicted molar refractivity (Wildman–Crippen MR) is 70.1 cm³/mol. The van der Waals surface area contributed by atoms with Crippen molar-refractivity contribution < 1.29 is 0 Å². The summed E-state index contributed by atoms with van der Waals surface area (Å²) >= 11 is 5.47. The van der Waals surface area contributed by atoms with E-state index in [2.05, 4.69) is 31.0 Å². The van der Waals surface area contributed by atoms with Gasteiger partial charge in [0.2, 0.25) is 0 Å². The van der Waals surface area contributed by atoms with Crippen molar-refractivity contribution in [2.45, 2.75) is 65.0 Å². The molecule has 1 fully saturated rings. The molecule has 0 saturated heterocycles. The van der Waals surface area contributed by atoms with E-state index in [0.29, 0.717) is 12.1 Å². The van der Waals surface area contributed by atoms with Crippen LogP contribution in [-0.4, -0.2) is 28.6 Å². The molecule has 1 rings (SSSR count). The van der Waals surface area contributed by atoms with Gasteiger partial charge < -0.3 is 10.2 Å². The van der Waals surface area contributed by atoms with Crippen LogP contribution in [0.2, 0.25) is 0 Å². The normalized spacial score (nSPS) is 17.1. The van der Waals surface area contributed by atoms with Crippen LogP contribution < -0.4 is 5.32 Å². The molecule has 0 atom stereocenters. The quantitative estimate of drug-likeness (QED) is 0.745. The van der Waals surface area contributed by atoms with Crippen molar-refractivity contribution in [1.29, 1.82) is 0 Å². The first-order valence-electron chi connectivity index (χ1n) is 6.22. The van der Waals surface area contributed by atoms with Crippen molar-refractivity contribution in [3.05, 3.63) is 0 Å². The molecule has 1 N–H and O–H groups in total. The Labute approximate surface area is 99.4 Å². The highest BCUT2D eigenvalue weighted by atomic mass is 32.1. The smallest absolute Gasteiger partial charge is 0.169 e. The molecule has 0 spiro atoms. The van der Waals surface area contributed by atoms with Gasteiger partial charge in [-0.2, -0.15) is 0 Å². The molecule has 0 aromatic heterocycles. The predicted octanol–water partition coefficient (Wildman–Crippen LogP) is 2.92. The van der Waals surface area contributed by atoms with Gasteiger partial charge in [-0.05, 0) is 45.3 Å². The molecule has 0 amide bonds. The number of rotatable bonds is 4. The molecule has 2 nitrogen and oxygen atoms in total. The SMILES string of the molecule is CCCN(C(=S)NC1CCCC1)C(C)C. The minimum absolute atomic E-state index is 0.506. The van der Waals surface area contributed by atoms with E-state index in [9.17, 15) is 0 Å². The van der Waals surface area contributed by atoms with E-state index in [-0.39, 0.29) is 0 Å². The van der Waals surface area contributed by atoms with Gasteiger partial charge in [0.25, 0.3) is 0 Å². The first kappa shape index (κ1) is 12.8. The van der Waals surface area contributed by atoms with Crippen LogP contribution in [-0.2, 0) is 0 Å². The zero-order valence-corrected chi connectivity index (χ0v) is 11.1. The number of nitrogens with zero attached hydrogens (tertiary/aromatic N) is 1. The molecular weight excluding hydrogens is 204 g/mol. The van der Waals surface area contributed by atoms with Gasteiger partial charge in [0.05, 0.1) is 0 Å². The second-order valence-electron chi connectivity index (χ2n) is 4.72. The van der Waals surface area contributed by atoms with Gasteiger partial charge >= 0.3 is 0 Å². The Bertz CT molecular complexity index is 198. The Balaban J connectivity index is 2.40. The summed E-state index contributed by atoms with van der Waals surface area (Å²) < 4.78 is 0. The van der Waals surface area contributed by atoms with E-state index >= 15 is 0 Å². The first-order valence-corrected chi connectivity index (χ1v) is 6.63. The topological polar surface area (TPSA) is 15.3 Å². The van der Waals surface area contributed by atoms with Crippen LogP contribution in [0.3, 0.4) is 0 Å². The minimum Gasteiger partial charge on any atom is -0.360 e. The van der Waals surface area contributed by atoms with E-state index in [1.54, 1.807) is 0 Å². The first-order chi connectivity index (χ1) is 7.15. The zero-order chi connectivity index (χ0) is 11.3. The summed E-state index contributed by atoms with van der Waals surface area (Å²) in [4.78, 5) is 2.30. The third-order valence-corrected chi connectivity index (χ3v) is 3.38. The fourth-order valence-electron chi connectivity index (χ4n) is 2.16. The maximum absolute atomic E-state index is 5.47. The van der Waals surface area contributed by atoms with E-state index in [4.69, 9.17) is 12.2 Å². The van der Waals surface area contributed by atoms with Gasteiger partial charge in [0, 0.05) is 18.6 Å². The summed E-state index contributed by atoms with van der Waals surface area (Å²) in [6.45, 7) is 7.68. The molecule has 1 aliphatic carbocycles. The Morgan fingerprint density at radius 3 is 2.47 bits per heavy atom. The molecule has 0 bridgehead atoms. The summed E-state index contributed by atoms with van der Waals surface area (Å²) in [5.41, 5.74) is 0. The molecular formula is C12H24N2S. The van der Waals surface area contributed by atoms with Crippen LogP contribution >= 0.6 is 12.2 Å². The van der Waals surface area contributed by atoms with Crippen LogP contribution in [0.15, 0.2) is 0 Å². The molecule has 0 aliphatic heterocycles. The maximum atomic E-state index is 5.47. The molecule has 1 aliphatic rings. The van der Waals surface area contributed by atoms with Gasteiger partial charge in [-0.25, -0.2) is 0 Å². The van der Waals surface area contributed by atoms with Gasteiger partial charge in [0.1, 0.15) is 0 Å². The fourth-order valence-corrected chi connectivity index (χ4v) is 2.63. The van der Waals surface area contributed by atoms with Gasteiger partial charge in [-0.3, -0.25) is 0 Å². The van der Waals surface area contributed by atoms with Crippen LogP contribution in [0.1, 0.15) is 52.9 Å². The van der Waals surface area contributed by atoms with E-state index in [1.807, 2.05) is 0 Å². The van der Waals surface area contributed by atoms with Crippen molar-refractivity contribution in [3.63, 3.8) is 0 Å². The molecule has 15 heavy (non-hydrogen) atoms. The maximum Gasteiger partial charge on any atom is 0.169 e. The Morgan fingerprint density at radius 1 is 1.40 bits per heavy atom. The average Bonchev–Trinajstić information content (AvgIpc) is 2.65. The second-order valence-corrected chi connectivity index (χ2v) is 5.10. The van der Waals surface area contributed by atoms with Crippen LogP contribution in [0.4, 0.5) is 0 Å². The molecule has 88 valence electrons. The Hall–Kier alpha value is -0.310. The van der Waals surface area contributed by atoms with Crippen molar-refractivity contribution >= 4 is 17.3 Å². The summed E-state index contributed by atoms with van der Waals surface area (Å²) in [7, 11) is 0. The summed E-state index contributed by atoms with van der Waals surface area (Å²) in [6, 6.07) is 1.14. The number of nitrogens with one attached hydrogen (secondary N) is 1. The number of hydrogen-bond acceptors (Lipinski definition) is 1. The van der Waals surface area contributed by atoms with Crippen LogP contribution in [0.25, 0.3) is 0 Å². The van der Waals surface area contributed by atoms with Gasteiger partial charge in [0.15, 0.2) is 5.11 Å². The highest BCUT2D eigenvalue weighted by molar-refractivity contribution is 7.80. The lowest BCUT2D eigenvalue weighted by Crippen LogP contribution is -2.47. The van der Waals surface area contributed by atoms with Crippen molar-refractivity contribution in [1.82, 2.24) is 10.2 Å². The molecule has 0 aromatic carbocycles. The standard InChI is InChI=1S/C12H24N2S/c1-4-9-14(10(2)3)12(15)13-11-7-5-6-8-11/h10-11H,4-9H2,1-3H3,(H,13,15). The highest BCUT2D eigenvalue weighted by Crippen LogP contribution is 2.18. The van der Waals surface area contributed by atoms with Crippen molar-refractivity contribution in [2.24, 2.45) is 0 Å². The zero-order valence-electron chi connectivity index (χ0n) is 10.3. The monoisotopic (exact) mass is 228 g/mol. The largest absolute Gasteiger partial charge is 0.360 e. The van der Waals surface area contributed by atoms with E-state index in [0.717, 1.165) is 18.1 Å². The molecule has 0 unspecified atom stereocenters. The lowest BCUT2D eigenvalue weighted by Gasteiger charge is -2.31. The second kappa shape index (κ2) is 6.31. The number of hydrogen-bond donors (Lipinski definition) is 1. The van der Waals surface area contributed by atoms with E-state index in [1.165, 1.54) is 25.7 Å². The molecule has 0 radical (unpaired) electrons. The Morgan fingerprint density at radius 2 is 2.00 bits per heavy atom. The average molecular weight is 228 g/mol. The third-order valence-electron chi connectivity index (χ3n) is 3.03. The van der Waals surface area contributed by atoms with E-state index < -0.39 is 0 Å². The highest BCUT2D eigenvalue weighted by Gasteiger charge is 2.19. The number of thiocarbonyl (C=S) groups is 1. The molecule has 1 saturated carbocycles. The molecule has 0 heterocycles. The van der Waals surface area contributed by atoms with Gasteiger partial charge in [-0.1, -0.05) is 19.8 Å². The third kappa shape index (κ3) is 3.98. The van der Waals surface area contributed by atoms with Crippen LogP contribution in [0.5, 0.6) is 0 Å². The molecule has 3 heteroatoms.